The monoisotopic (exact) mass is 460 g/mol. The summed E-state index contributed by atoms with van der Waals surface area (Å²) in [6.07, 6.45) is 2.56. The molecule has 0 saturated carbocycles. The number of hydrogen-bond acceptors (Lipinski definition) is 3. The lowest BCUT2D eigenvalue weighted by Crippen LogP contribution is -2.46. The third-order valence-corrected chi connectivity index (χ3v) is 4.43. The first-order valence-corrected chi connectivity index (χ1v) is 8.41. The Morgan fingerprint density at radius 2 is 2.24 bits per heavy atom. The maximum atomic E-state index is 11.2. The van der Waals surface area contributed by atoms with Crippen molar-refractivity contribution in [2.75, 3.05) is 27.2 Å². The van der Waals surface area contributed by atoms with E-state index in [2.05, 4.69) is 27.3 Å². The van der Waals surface area contributed by atoms with Gasteiger partial charge >= 0.3 is 0 Å². The van der Waals surface area contributed by atoms with Crippen LogP contribution in [-0.2, 0) is 11.3 Å². The number of carbonyl (C=O) groups excluding carboxylic acids is 1. The quantitative estimate of drug-likeness (QED) is 0.402. The second kappa shape index (κ2) is 10.5. The van der Waals surface area contributed by atoms with Gasteiger partial charge in [0, 0.05) is 33.1 Å². The molecule has 0 spiro atoms. The Bertz CT molecular complexity index is 607. The number of hydrogen-bond donors (Lipinski definition) is 2. The average Bonchev–Trinajstić information content (AvgIpc) is 2.55. The van der Waals surface area contributed by atoms with Gasteiger partial charge in [-0.2, -0.15) is 0 Å². The van der Waals surface area contributed by atoms with Crippen LogP contribution in [0.25, 0.3) is 0 Å². The second-order valence-corrected chi connectivity index (χ2v) is 6.33. The number of nitrogens with zero attached hydrogens (tertiary/aromatic N) is 2. The van der Waals surface area contributed by atoms with Crippen molar-refractivity contribution >= 4 is 35.8 Å². The molecule has 0 aromatic heterocycles. The number of primary amides is 1. The molecule has 1 aromatic carbocycles. The zero-order chi connectivity index (χ0) is 17.5. The summed E-state index contributed by atoms with van der Waals surface area (Å²) in [5, 5.41) is 3.41. The Labute approximate surface area is 167 Å². The molecule has 6 nitrogen and oxygen atoms in total. The van der Waals surface area contributed by atoms with E-state index in [9.17, 15) is 4.79 Å². The molecule has 1 saturated heterocycles. The molecule has 25 heavy (non-hydrogen) atoms. The van der Waals surface area contributed by atoms with Gasteiger partial charge in [0.25, 0.3) is 0 Å². The van der Waals surface area contributed by atoms with Gasteiger partial charge in [0.15, 0.2) is 5.96 Å². The number of benzene rings is 1. The van der Waals surface area contributed by atoms with Gasteiger partial charge < -0.3 is 20.7 Å². The molecular weight excluding hydrogens is 431 g/mol. The van der Waals surface area contributed by atoms with Crippen LogP contribution in [0.4, 0.5) is 0 Å². The first kappa shape index (κ1) is 21.5. The fraction of sp³-hybridized carbons (Fsp3) is 0.556. The minimum atomic E-state index is -0.224. The van der Waals surface area contributed by atoms with Gasteiger partial charge in [0.05, 0.1) is 7.11 Å². The normalized spacial score (nSPS) is 17.6. The number of rotatable bonds is 5. The van der Waals surface area contributed by atoms with Crippen molar-refractivity contribution in [3.8, 4) is 5.75 Å². The molecule has 1 amide bonds. The largest absolute Gasteiger partial charge is 0.496 e. The van der Waals surface area contributed by atoms with Crippen LogP contribution in [0, 0.1) is 12.8 Å². The molecule has 1 heterocycles. The predicted molar refractivity (Wildman–Crippen MR) is 111 cm³/mol. The highest BCUT2D eigenvalue weighted by Crippen LogP contribution is 2.20. The second-order valence-electron chi connectivity index (χ2n) is 6.33. The van der Waals surface area contributed by atoms with Gasteiger partial charge in [0.2, 0.25) is 5.91 Å². The zero-order valence-electron chi connectivity index (χ0n) is 15.2. The topological polar surface area (TPSA) is 80.0 Å². The number of guanidine groups is 1. The van der Waals surface area contributed by atoms with Crippen molar-refractivity contribution in [2.45, 2.75) is 32.7 Å². The average molecular weight is 460 g/mol. The Balaban J connectivity index is 0.00000312. The van der Waals surface area contributed by atoms with E-state index < -0.39 is 0 Å². The Hall–Kier alpha value is -1.51. The number of ether oxygens (including phenoxy) is 1. The molecule has 0 radical (unpaired) electrons. The summed E-state index contributed by atoms with van der Waals surface area (Å²) in [5.74, 6) is 1.86. The number of nitrogens with one attached hydrogen (secondary N) is 1. The first-order valence-electron chi connectivity index (χ1n) is 8.41. The predicted octanol–water partition coefficient (Wildman–Crippen LogP) is 2.28. The minimum Gasteiger partial charge on any atom is -0.496 e. The summed E-state index contributed by atoms with van der Waals surface area (Å²) in [6.45, 7) is 4.52. The van der Waals surface area contributed by atoms with E-state index in [0.717, 1.165) is 43.2 Å². The number of piperidine rings is 1. The van der Waals surface area contributed by atoms with Gasteiger partial charge in [0.1, 0.15) is 5.75 Å². The molecule has 1 fully saturated rings. The lowest BCUT2D eigenvalue weighted by atomic mass is 9.95. The minimum absolute atomic E-state index is 0. The molecule has 1 aromatic rings. The van der Waals surface area contributed by atoms with Crippen LogP contribution in [0.1, 0.15) is 30.4 Å². The number of halogens is 1. The van der Waals surface area contributed by atoms with E-state index in [-0.39, 0.29) is 29.9 Å². The first-order chi connectivity index (χ1) is 11.5. The molecule has 0 aliphatic carbocycles. The van der Waals surface area contributed by atoms with Gasteiger partial charge in [-0.05, 0) is 42.9 Å². The molecule has 140 valence electrons. The van der Waals surface area contributed by atoms with Crippen LogP contribution in [-0.4, -0.2) is 44.0 Å². The number of methoxy groups -OCH3 is 1. The van der Waals surface area contributed by atoms with Crippen LogP contribution in [0.5, 0.6) is 5.75 Å². The molecule has 7 heteroatoms. The van der Waals surface area contributed by atoms with Crippen LogP contribution in [0.2, 0.25) is 0 Å². The third kappa shape index (κ3) is 6.37. The molecule has 1 aliphatic rings. The molecule has 3 N–H and O–H groups in total. The number of nitrogens with two attached hydrogens (primary N) is 1. The number of aryl methyl sites for hydroxylation is 1. The highest BCUT2D eigenvalue weighted by atomic mass is 127. The van der Waals surface area contributed by atoms with E-state index in [0.29, 0.717) is 18.9 Å². The van der Waals surface area contributed by atoms with Gasteiger partial charge in [-0.15, -0.1) is 24.0 Å². The van der Waals surface area contributed by atoms with Gasteiger partial charge in [-0.3, -0.25) is 9.79 Å². The summed E-state index contributed by atoms with van der Waals surface area (Å²) in [7, 11) is 3.47. The summed E-state index contributed by atoms with van der Waals surface area (Å²) in [6, 6.07) is 6.16. The molecule has 1 atom stereocenters. The van der Waals surface area contributed by atoms with Crippen molar-refractivity contribution in [1.29, 1.82) is 0 Å². The van der Waals surface area contributed by atoms with Gasteiger partial charge in [-0.25, -0.2) is 0 Å². The zero-order valence-corrected chi connectivity index (χ0v) is 17.6. The highest BCUT2D eigenvalue weighted by molar-refractivity contribution is 14.0. The Morgan fingerprint density at radius 3 is 2.84 bits per heavy atom. The highest BCUT2D eigenvalue weighted by Gasteiger charge is 2.23. The fourth-order valence-electron chi connectivity index (χ4n) is 3.27. The van der Waals surface area contributed by atoms with Crippen molar-refractivity contribution in [3.63, 3.8) is 0 Å². The molecule has 2 rings (SSSR count). The maximum absolute atomic E-state index is 11.2. The molecule has 1 unspecified atom stereocenters. The Morgan fingerprint density at radius 1 is 1.48 bits per heavy atom. The van der Waals surface area contributed by atoms with Crippen LogP contribution >= 0.6 is 24.0 Å². The summed E-state index contributed by atoms with van der Waals surface area (Å²) in [4.78, 5) is 17.8. The van der Waals surface area contributed by atoms with E-state index >= 15 is 0 Å². The molecular formula is C18H29IN4O2. The lowest BCUT2D eigenvalue weighted by Gasteiger charge is -2.34. The smallest absolute Gasteiger partial charge is 0.217 e. The van der Waals surface area contributed by atoms with E-state index in [1.165, 1.54) is 5.56 Å². The third-order valence-electron chi connectivity index (χ3n) is 4.43. The van der Waals surface area contributed by atoms with Crippen molar-refractivity contribution < 1.29 is 9.53 Å². The molecule has 1 aliphatic heterocycles. The maximum Gasteiger partial charge on any atom is 0.217 e. The summed E-state index contributed by atoms with van der Waals surface area (Å²) in [5.41, 5.74) is 7.63. The number of likely N-dealkylation sites (tertiary alicyclic amines) is 1. The summed E-state index contributed by atoms with van der Waals surface area (Å²) < 4.78 is 5.30. The SMILES string of the molecule is CN=C(NCc1ccc(OC)c(C)c1)N1CCCC(CC(N)=O)C1.I. The fourth-order valence-corrected chi connectivity index (χ4v) is 3.27. The van der Waals surface area contributed by atoms with Crippen LogP contribution < -0.4 is 15.8 Å². The standard InChI is InChI=1S/C18H28N4O2.HI/c1-13-9-14(6-7-16(13)24-3)11-21-18(20-2)22-8-4-5-15(12-22)10-17(19)23;/h6-7,9,15H,4-5,8,10-12H2,1-3H3,(H2,19,23)(H,20,21);1H. The number of amides is 1. The van der Waals surface area contributed by atoms with Gasteiger partial charge in [-0.1, -0.05) is 12.1 Å². The van der Waals surface area contributed by atoms with E-state index in [4.69, 9.17) is 10.5 Å². The number of carbonyl (C=O) groups is 1. The van der Waals surface area contributed by atoms with Crippen molar-refractivity contribution in [3.05, 3.63) is 29.3 Å². The van der Waals surface area contributed by atoms with Crippen molar-refractivity contribution in [2.24, 2.45) is 16.6 Å². The van der Waals surface area contributed by atoms with E-state index in [1.807, 2.05) is 13.0 Å². The Kier molecular flexibility index (Phi) is 9.02. The van der Waals surface area contributed by atoms with Crippen LogP contribution in [0.15, 0.2) is 23.2 Å². The number of aliphatic imine (C=N–C) groups is 1. The summed E-state index contributed by atoms with van der Waals surface area (Å²) >= 11 is 0. The van der Waals surface area contributed by atoms with Crippen molar-refractivity contribution in [1.82, 2.24) is 10.2 Å². The lowest BCUT2D eigenvalue weighted by molar-refractivity contribution is -0.119. The van der Waals surface area contributed by atoms with Crippen LogP contribution in [0.3, 0.4) is 0 Å². The molecule has 0 bridgehead atoms. The van der Waals surface area contributed by atoms with E-state index in [1.54, 1.807) is 14.2 Å².